The van der Waals surface area contributed by atoms with Gasteiger partial charge in [-0.1, -0.05) is 0 Å². The van der Waals surface area contributed by atoms with Gasteiger partial charge in [0.1, 0.15) is 6.61 Å². The van der Waals surface area contributed by atoms with Gasteiger partial charge in [0, 0.05) is 13.1 Å². The van der Waals surface area contributed by atoms with Crippen molar-refractivity contribution in [2.75, 3.05) is 19.7 Å². The molecule has 1 saturated heterocycles. The zero-order valence-corrected chi connectivity index (χ0v) is 7.11. The minimum atomic E-state index is -0.909. The molecular formula is C6H12ClNO3. The molecule has 1 heterocycles. The molecule has 0 unspecified atom stereocenters. The van der Waals surface area contributed by atoms with Gasteiger partial charge in [-0.15, -0.1) is 12.4 Å². The number of carboxylic acid groups (broad SMARTS) is 1. The summed E-state index contributed by atoms with van der Waals surface area (Å²) < 4.78 is 5.06. The number of aliphatic carboxylic acids is 1. The van der Waals surface area contributed by atoms with Crippen LogP contribution in [0.25, 0.3) is 0 Å². The maximum atomic E-state index is 10.0. The lowest BCUT2D eigenvalue weighted by atomic mass is 10.0. The van der Waals surface area contributed by atoms with Crippen LogP contribution in [0.5, 0.6) is 0 Å². The Morgan fingerprint density at radius 3 is 2.55 bits per heavy atom. The van der Waals surface area contributed by atoms with E-state index in [1.54, 1.807) is 0 Å². The Bertz CT molecular complexity index is 147. The molecule has 4 nitrogen and oxygen atoms in total. The quantitative estimate of drug-likeness (QED) is 0.637. The average molecular weight is 182 g/mol. The first-order valence-corrected chi connectivity index (χ1v) is 3.19. The highest BCUT2D eigenvalue weighted by Crippen LogP contribution is 2.14. The summed E-state index contributed by atoms with van der Waals surface area (Å²) in [7, 11) is 0. The van der Waals surface area contributed by atoms with E-state index in [0.29, 0.717) is 0 Å². The van der Waals surface area contributed by atoms with Gasteiger partial charge in [0.15, 0.2) is 0 Å². The van der Waals surface area contributed by atoms with Crippen molar-refractivity contribution in [3.05, 3.63) is 0 Å². The summed E-state index contributed by atoms with van der Waals surface area (Å²) >= 11 is 0. The molecule has 11 heavy (non-hydrogen) atoms. The topological polar surface area (TPSA) is 58.6 Å². The Balaban J connectivity index is 0.000001000. The van der Waals surface area contributed by atoms with E-state index in [2.05, 4.69) is 5.32 Å². The van der Waals surface area contributed by atoms with Gasteiger partial charge >= 0.3 is 5.97 Å². The smallest absolute Gasteiger partial charge is 0.329 e. The maximum absolute atomic E-state index is 10.0. The summed E-state index contributed by atoms with van der Waals surface area (Å²) in [4.78, 5) is 10.0. The number of nitrogens with one attached hydrogen (secondary N) is 1. The van der Waals surface area contributed by atoms with Gasteiger partial charge < -0.3 is 15.2 Å². The SMILES string of the molecule is CC1(OCC(=O)O)CNC1.Cl. The first-order chi connectivity index (χ1) is 4.62. The van der Waals surface area contributed by atoms with E-state index in [1.807, 2.05) is 6.92 Å². The molecule has 0 aromatic rings. The Hall–Kier alpha value is -0.320. The highest BCUT2D eigenvalue weighted by molar-refractivity contribution is 5.85. The lowest BCUT2D eigenvalue weighted by molar-refractivity contribution is -0.152. The number of hydrogen-bond donors (Lipinski definition) is 2. The van der Waals surface area contributed by atoms with Crippen LogP contribution in [-0.2, 0) is 9.53 Å². The summed E-state index contributed by atoms with van der Waals surface area (Å²) in [5, 5.41) is 11.3. The summed E-state index contributed by atoms with van der Waals surface area (Å²) in [6, 6.07) is 0. The summed E-state index contributed by atoms with van der Waals surface area (Å²) in [5.74, 6) is -0.909. The van der Waals surface area contributed by atoms with Crippen LogP contribution in [0, 0.1) is 0 Å². The molecule has 66 valence electrons. The van der Waals surface area contributed by atoms with Crippen molar-refractivity contribution in [1.82, 2.24) is 5.32 Å². The number of carboxylic acids is 1. The van der Waals surface area contributed by atoms with Gasteiger partial charge in [-0.3, -0.25) is 0 Å². The molecule has 1 fully saturated rings. The summed E-state index contributed by atoms with van der Waals surface area (Å²) in [6.45, 7) is 3.20. The molecule has 0 amide bonds. The van der Waals surface area contributed by atoms with Crippen molar-refractivity contribution >= 4 is 18.4 Å². The van der Waals surface area contributed by atoms with Crippen molar-refractivity contribution in [3.8, 4) is 0 Å². The normalized spacial score (nSPS) is 19.7. The van der Waals surface area contributed by atoms with Gasteiger partial charge in [0.25, 0.3) is 0 Å². The molecule has 5 heteroatoms. The van der Waals surface area contributed by atoms with Gasteiger partial charge in [-0.2, -0.15) is 0 Å². The van der Waals surface area contributed by atoms with E-state index in [9.17, 15) is 4.79 Å². The summed E-state index contributed by atoms with van der Waals surface area (Å²) in [5.41, 5.74) is -0.238. The highest BCUT2D eigenvalue weighted by Gasteiger charge is 2.32. The minimum absolute atomic E-state index is 0. The third-order valence-corrected chi connectivity index (χ3v) is 1.54. The molecule has 0 atom stereocenters. The van der Waals surface area contributed by atoms with Gasteiger partial charge in [0.2, 0.25) is 0 Å². The van der Waals surface area contributed by atoms with Crippen LogP contribution >= 0.6 is 12.4 Å². The fourth-order valence-electron chi connectivity index (χ4n) is 0.815. The average Bonchev–Trinajstić information content (AvgIpc) is 1.79. The largest absolute Gasteiger partial charge is 0.480 e. The molecule has 0 spiro atoms. The van der Waals surface area contributed by atoms with Gasteiger partial charge in [0.05, 0.1) is 5.60 Å². The van der Waals surface area contributed by atoms with Gasteiger partial charge in [-0.05, 0) is 6.92 Å². The highest BCUT2D eigenvalue weighted by atomic mass is 35.5. The molecule has 1 aliphatic heterocycles. The molecule has 0 aromatic carbocycles. The van der Waals surface area contributed by atoms with E-state index in [-0.39, 0.29) is 24.6 Å². The Morgan fingerprint density at radius 1 is 1.73 bits per heavy atom. The zero-order chi connectivity index (χ0) is 7.61. The molecule has 1 aliphatic rings. The van der Waals surface area contributed by atoms with E-state index in [4.69, 9.17) is 9.84 Å². The molecule has 1 rings (SSSR count). The fraction of sp³-hybridized carbons (Fsp3) is 0.833. The van der Waals surface area contributed by atoms with Crippen molar-refractivity contribution < 1.29 is 14.6 Å². The van der Waals surface area contributed by atoms with E-state index >= 15 is 0 Å². The molecule has 0 aliphatic carbocycles. The van der Waals surface area contributed by atoms with Crippen molar-refractivity contribution in [2.45, 2.75) is 12.5 Å². The Labute approximate surface area is 71.3 Å². The third kappa shape index (κ3) is 3.05. The lowest BCUT2D eigenvalue weighted by Gasteiger charge is -2.38. The predicted octanol–water partition coefficient (Wildman–Crippen LogP) is -0.129. The van der Waals surface area contributed by atoms with E-state index in [1.165, 1.54) is 0 Å². The second-order valence-corrected chi connectivity index (χ2v) is 2.74. The summed E-state index contributed by atoms with van der Waals surface area (Å²) in [6.07, 6.45) is 0. The Kier molecular flexibility index (Phi) is 3.78. The first-order valence-electron chi connectivity index (χ1n) is 3.19. The number of rotatable bonds is 3. The van der Waals surface area contributed by atoms with E-state index < -0.39 is 5.97 Å². The second-order valence-electron chi connectivity index (χ2n) is 2.74. The number of carbonyl (C=O) groups is 1. The maximum Gasteiger partial charge on any atom is 0.329 e. The third-order valence-electron chi connectivity index (χ3n) is 1.54. The molecule has 0 saturated carbocycles. The Morgan fingerprint density at radius 2 is 2.27 bits per heavy atom. The first kappa shape index (κ1) is 10.7. The standard InChI is InChI=1S/C6H11NO3.ClH/c1-6(3-7-4-6)10-2-5(8)9;/h7H,2-4H2,1H3,(H,8,9);1H. The molecule has 0 bridgehead atoms. The molecule has 0 aromatic heterocycles. The monoisotopic (exact) mass is 181 g/mol. The minimum Gasteiger partial charge on any atom is -0.480 e. The van der Waals surface area contributed by atoms with Gasteiger partial charge in [-0.25, -0.2) is 4.79 Å². The fourth-order valence-corrected chi connectivity index (χ4v) is 0.815. The number of halogens is 1. The van der Waals surface area contributed by atoms with E-state index in [0.717, 1.165) is 13.1 Å². The molecular weight excluding hydrogens is 170 g/mol. The van der Waals surface area contributed by atoms with Crippen molar-refractivity contribution in [2.24, 2.45) is 0 Å². The van der Waals surface area contributed by atoms with Crippen LogP contribution < -0.4 is 5.32 Å². The lowest BCUT2D eigenvalue weighted by Crippen LogP contribution is -2.59. The zero-order valence-electron chi connectivity index (χ0n) is 6.29. The number of hydrogen-bond acceptors (Lipinski definition) is 3. The number of ether oxygens (including phenoxy) is 1. The second kappa shape index (κ2) is 3.90. The molecule has 0 radical (unpaired) electrons. The van der Waals surface area contributed by atoms with Crippen LogP contribution in [0.1, 0.15) is 6.92 Å². The predicted molar refractivity (Wildman–Crippen MR) is 42.1 cm³/mol. The van der Waals surface area contributed by atoms with Crippen molar-refractivity contribution in [1.29, 1.82) is 0 Å². The van der Waals surface area contributed by atoms with Crippen LogP contribution in [0.4, 0.5) is 0 Å². The van der Waals surface area contributed by atoms with Crippen LogP contribution in [0.15, 0.2) is 0 Å². The van der Waals surface area contributed by atoms with Crippen molar-refractivity contribution in [3.63, 3.8) is 0 Å². The van der Waals surface area contributed by atoms with Crippen LogP contribution in [-0.4, -0.2) is 36.4 Å². The van der Waals surface area contributed by atoms with Crippen LogP contribution in [0.3, 0.4) is 0 Å². The van der Waals surface area contributed by atoms with Crippen LogP contribution in [0.2, 0.25) is 0 Å². The molecule has 2 N–H and O–H groups in total.